The Morgan fingerprint density at radius 1 is 1.05 bits per heavy atom. The van der Waals surface area contributed by atoms with Gasteiger partial charge in [-0.25, -0.2) is 13.2 Å². The summed E-state index contributed by atoms with van der Waals surface area (Å²) < 4.78 is 39.4. The van der Waals surface area contributed by atoms with Crippen LogP contribution in [0, 0.1) is 22.9 Å². The molecule has 0 saturated carbocycles. The van der Waals surface area contributed by atoms with Gasteiger partial charge in [-0.3, -0.25) is 5.41 Å². The highest BCUT2D eigenvalue weighted by Gasteiger charge is 2.10. The number of benzene rings is 2. The van der Waals surface area contributed by atoms with Gasteiger partial charge < -0.3 is 5.73 Å². The van der Waals surface area contributed by atoms with Crippen LogP contribution >= 0.6 is 11.8 Å². The molecule has 2 aromatic rings. The lowest BCUT2D eigenvalue weighted by Gasteiger charge is -2.09. The molecule has 0 aliphatic heterocycles. The first-order valence-electron chi connectivity index (χ1n) is 5.68. The van der Waals surface area contributed by atoms with E-state index in [1.54, 1.807) is 0 Å². The second-order valence-electron chi connectivity index (χ2n) is 4.08. The first kappa shape index (κ1) is 14.5. The van der Waals surface area contributed by atoms with Crippen molar-refractivity contribution in [2.75, 3.05) is 0 Å². The quantitative estimate of drug-likeness (QED) is 0.513. The average Bonchev–Trinajstić information content (AvgIpc) is 2.38. The van der Waals surface area contributed by atoms with Gasteiger partial charge in [-0.05, 0) is 29.8 Å². The lowest BCUT2D eigenvalue weighted by atomic mass is 10.1. The van der Waals surface area contributed by atoms with Crippen LogP contribution < -0.4 is 5.73 Å². The van der Waals surface area contributed by atoms with E-state index in [1.165, 1.54) is 30.3 Å². The molecule has 20 heavy (non-hydrogen) atoms. The zero-order valence-electron chi connectivity index (χ0n) is 10.3. The van der Waals surface area contributed by atoms with Crippen LogP contribution in [0.25, 0.3) is 0 Å². The van der Waals surface area contributed by atoms with E-state index in [0.29, 0.717) is 11.3 Å². The van der Waals surface area contributed by atoms with E-state index in [9.17, 15) is 13.2 Å². The Labute approximate surface area is 118 Å². The summed E-state index contributed by atoms with van der Waals surface area (Å²) in [6.45, 7) is 0. The van der Waals surface area contributed by atoms with E-state index in [1.807, 2.05) is 0 Å². The maximum Gasteiger partial charge on any atom is 0.139 e. The van der Waals surface area contributed by atoms with Gasteiger partial charge in [0.2, 0.25) is 0 Å². The number of hydrogen-bond acceptors (Lipinski definition) is 2. The van der Waals surface area contributed by atoms with E-state index in [2.05, 4.69) is 0 Å². The highest BCUT2D eigenvalue weighted by atomic mass is 32.2. The van der Waals surface area contributed by atoms with E-state index in [0.717, 1.165) is 17.8 Å². The third kappa shape index (κ3) is 3.33. The fraction of sp³-hybridized carbons (Fsp3) is 0.0714. The minimum Gasteiger partial charge on any atom is -0.384 e. The van der Waals surface area contributed by atoms with E-state index < -0.39 is 17.5 Å². The Morgan fingerprint density at radius 3 is 2.35 bits per heavy atom. The number of amidine groups is 1. The van der Waals surface area contributed by atoms with Crippen molar-refractivity contribution in [2.24, 2.45) is 5.73 Å². The monoisotopic (exact) mass is 296 g/mol. The molecule has 0 radical (unpaired) electrons. The van der Waals surface area contributed by atoms with Crippen LogP contribution in [-0.2, 0) is 5.75 Å². The van der Waals surface area contributed by atoms with Gasteiger partial charge in [-0.1, -0.05) is 6.07 Å². The van der Waals surface area contributed by atoms with Gasteiger partial charge in [0, 0.05) is 22.3 Å². The molecule has 6 heteroatoms. The molecule has 0 atom stereocenters. The Hall–Kier alpha value is -1.95. The molecular weight excluding hydrogens is 285 g/mol. The molecule has 0 aliphatic rings. The van der Waals surface area contributed by atoms with Crippen molar-refractivity contribution in [3.8, 4) is 0 Å². The molecule has 2 aromatic carbocycles. The van der Waals surface area contributed by atoms with Crippen LogP contribution in [0.5, 0.6) is 0 Å². The lowest BCUT2D eigenvalue weighted by Crippen LogP contribution is -2.13. The summed E-state index contributed by atoms with van der Waals surface area (Å²) in [6.07, 6.45) is 0. The molecule has 0 fully saturated rings. The van der Waals surface area contributed by atoms with E-state index >= 15 is 0 Å². The summed E-state index contributed by atoms with van der Waals surface area (Å²) >= 11 is 1.13. The summed E-state index contributed by atoms with van der Waals surface area (Å²) in [4.78, 5) is 0.283. The fourth-order valence-electron chi connectivity index (χ4n) is 1.67. The van der Waals surface area contributed by atoms with Crippen LogP contribution in [0.2, 0.25) is 0 Å². The number of nitrogen functional groups attached to an aromatic ring is 1. The molecule has 2 rings (SSSR count). The molecule has 0 saturated heterocycles. The van der Waals surface area contributed by atoms with E-state index in [-0.39, 0.29) is 16.3 Å². The Morgan fingerprint density at radius 2 is 1.70 bits per heavy atom. The van der Waals surface area contributed by atoms with Crippen LogP contribution in [0.4, 0.5) is 13.2 Å². The number of halogens is 3. The van der Waals surface area contributed by atoms with Gasteiger partial charge in [-0.15, -0.1) is 11.8 Å². The lowest BCUT2D eigenvalue weighted by molar-refractivity contribution is 0.565. The first-order chi connectivity index (χ1) is 9.47. The average molecular weight is 296 g/mol. The molecule has 3 N–H and O–H groups in total. The predicted octanol–water partition coefficient (Wildman–Crippen LogP) is 3.68. The SMILES string of the molecule is N=C(N)c1cc(F)ccc1CSc1ccc(F)cc1F. The van der Waals surface area contributed by atoms with Crippen molar-refractivity contribution in [2.45, 2.75) is 10.6 Å². The number of nitrogens with one attached hydrogen (secondary N) is 1. The Bertz CT molecular complexity index is 659. The van der Waals surface area contributed by atoms with E-state index in [4.69, 9.17) is 11.1 Å². The number of nitrogens with two attached hydrogens (primary N) is 1. The van der Waals surface area contributed by atoms with Crippen LogP contribution in [-0.4, -0.2) is 5.84 Å². The summed E-state index contributed by atoms with van der Waals surface area (Å²) in [5, 5.41) is 7.40. The van der Waals surface area contributed by atoms with Gasteiger partial charge in [0.15, 0.2) is 0 Å². The number of rotatable bonds is 4. The Kier molecular flexibility index (Phi) is 4.34. The molecule has 0 amide bonds. The molecule has 0 bridgehead atoms. The van der Waals surface area contributed by atoms with Crippen molar-refractivity contribution in [3.05, 3.63) is 65.0 Å². The first-order valence-corrected chi connectivity index (χ1v) is 6.66. The van der Waals surface area contributed by atoms with Crippen LogP contribution in [0.1, 0.15) is 11.1 Å². The molecule has 0 unspecified atom stereocenters. The van der Waals surface area contributed by atoms with Crippen LogP contribution in [0.15, 0.2) is 41.3 Å². The molecule has 0 heterocycles. The summed E-state index contributed by atoms with van der Waals surface area (Å²) in [7, 11) is 0. The predicted molar refractivity (Wildman–Crippen MR) is 73.3 cm³/mol. The maximum atomic E-state index is 13.5. The maximum absolute atomic E-state index is 13.5. The highest BCUT2D eigenvalue weighted by Crippen LogP contribution is 2.27. The van der Waals surface area contributed by atoms with Crippen molar-refractivity contribution in [1.82, 2.24) is 0 Å². The van der Waals surface area contributed by atoms with Crippen molar-refractivity contribution < 1.29 is 13.2 Å². The molecule has 0 spiro atoms. The second-order valence-corrected chi connectivity index (χ2v) is 5.10. The molecule has 0 aromatic heterocycles. The van der Waals surface area contributed by atoms with Gasteiger partial charge >= 0.3 is 0 Å². The summed E-state index contributed by atoms with van der Waals surface area (Å²) in [6, 6.07) is 7.23. The van der Waals surface area contributed by atoms with Gasteiger partial charge in [-0.2, -0.15) is 0 Å². The Balaban J connectivity index is 2.20. The standard InChI is InChI=1S/C14H11F3N2S/c15-9-2-1-8(11(5-9)14(18)19)7-20-13-4-3-10(16)6-12(13)17/h1-6H,7H2,(H3,18,19). The van der Waals surface area contributed by atoms with Crippen molar-refractivity contribution >= 4 is 17.6 Å². The largest absolute Gasteiger partial charge is 0.384 e. The van der Waals surface area contributed by atoms with Crippen molar-refractivity contribution in [1.29, 1.82) is 5.41 Å². The molecular formula is C14H11F3N2S. The zero-order chi connectivity index (χ0) is 14.7. The minimum atomic E-state index is -0.651. The second kappa shape index (κ2) is 6.00. The topological polar surface area (TPSA) is 49.9 Å². The number of thioether (sulfide) groups is 1. The summed E-state index contributed by atoms with van der Waals surface area (Å²) in [5.74, 6) is -1.73. The third-order valence-corrected chi connectivity index (χ3v) is 3.74. The molecule has 104 valence electrons. The fourth-order valence-corrected chi connectivity index (χ4v) is 2.60. The van der Waals surface area contributed by atoms with Crippen LogP contribution in [0.3, 0.4) is 0 Å². The van der Waals surface area contributed by atoms with Gasteiger partial charge in [0.1, 0.15) is 23.3 Å². The molecule has 0 aliphatic carbocycles. The smallest absolute Gasteiger partial charge is 0.139 e. The third-order valence-electron chi connectivity index (χ3n) is 2.64. The number of hydrogen-bond donors (Lipinski definition) is 2. The molecule has 2 nitrogen and oxygen atoms in total. The van der Waals surface area contributed by atoms with Gasteiger partial charge in [0.05, 0.1) is 0 Å². The zero-order valence-corrected chi connectivity index (χ0v) is 11.1. The van der Waals surface area contributed by atoms with Gasteiger partial charge in [0.25, 0.3) is 0 Å². The minimum absolute atomic E-state index is 0.250. The highest BCUT2D eigenvalue weighted by molar-refractivity contribution is 7.98. The summed E-state index contributed by atoms with van der Waals surface area (Å²) in [5.41, 5.74) is 6.28. The van der Waals surface area contributed by atoms with Crippen molar-refractivity contribution in [3.63, 3.8) is 0 Å². The normalized spacial score (nSPS) is 10.6.